The molecule has 3 nitrogen and oxygen atoms in total. The Balaban J connectivity index is 0.000000428. The summed E-state index contributed by atoms with van der Waals surface area (Å²) in [5.41, 5.74) is -0.0533. The van der Waals surface area contributed by atoms with Crippen molar-refractivity contribution >= 4 is 5.97 Å². The zero-order chi connectivity index (χ0) is 23.2. The number of aliphatic carboxylic acids is 1. The fourth-order valence-electron chi connectivity index (χ4n) is 5.06. The van der Waals surface area contributed by atoms with Gasteiger partial charge < -0.3 is 9.84 Å². The van der Waals surface area contributed by atoms with Crippen molar-refractivity contribution in [1.82, 2.24) is 0 Å². The Morgan fingerprint density at radius 3 is 2.16 bits per heavy atom. The van der Waals surface area contributed by atoms with Gasteiger partial charge in [0.2, 0.25) is 0 Å². The summed E-state index contributed by atoms with van der Waals surface area (Å²) in [6.07, 6.45) is 19.0. The molecular weight excluding hydrogens is 396 g/mol. The third-order valence-electron chi connectivity index (χ3n) is 7.22. The largest absolute Gasteiger partial charge is 0.479 e. The van der Waals surface area contributed by atoms with Crippen molar-refractivity contribution in [3.05, 3.63) is 48.0 Å². The predicted molar refractivity (Wildman–Crippen MR) is 134 cm³/mol. The standard InChI is InChI=1S/C22H36O3.C7H10/c1-4-6-7-8-9-11-14-19(3)17-22(5-2,21(23)24)25-18-20-15-12-10-13-16-20;1-2-7-4-3-6(1)5-7/h10,12-13,15-16,19H,4-9,11,14,17-18H2,1-3H3,(H,23,24);1-2,6-7H,3-5H2. The minimum atomic E-state index is -1.07. The van der Waals surface area contributed by atoms with Gasteiger partial charge in [-0.15, -0.1) is 0 Å². The molecule has 0 aromatic heterocycles. The number of fused-ring (bicyclic) bond motifs is 2. The lowest BCUT2D eigenvalue weighted by atomic mass is 9.86. The number of rotatable bonds is 14. The van der Waals surface area contributed by atoms with Crippen LogP contribution in [0.1, 0.15) is 103 Å². The highest BCUT2D eigenvalue weighted by Crippen LogP contribution is 2.38. The first-order valence-electron chi connectivity index (χ1n) is 13.1. The molecule has 1 fully saturated rings. The van der Waals surface area contributed by atoms with Gasteiger partial charge in [0.05, 0.1) is 6.61 Å². The van der Waals surface area contributed by atoms with E-state index in [0.717, 1.165) is 23.8 Å². The molecule has 3 heteroatoms. The molecule has 0 radical (unpaired) electrons. The van der Waals surface area contributed by atoms with E-state index in [0.29, 0.717) is 25.4 Å². The quantitative estimate of drug-likeness (QED) is 0.233. The van der Waals surface area contributed by atoms with E-state index in [-0.39, 0.29) is 0 Å². The molecule has 0 amide bonds. The second-order valence-electron chi connectivity index (χ2n) is 10.0. The lowest BCUT2D eigenvalue weighted by Crippen LogP contribution is -2.42. The van der Waals surface area contributed by atoms with Crippen molar-refractivity contribution < 1.29 is 14.6 Å². The predicted octanol–water partition coefficient (Wildman–Crippen LogP) is 8.19. The molecule has 0 spiro atoms. The lowest BCUT2D eigenvalue weighted by molar-refractivity contribution is -0.171. The first-order chi connectivity index (χ1) is 15.5. The Morgan fingerprint density at radius 1 is 1.03 bits per heavy atom. The minimum Gasteiger partial charge on any atom is -0.479 e. The molecule has 180 valence electrons. The summed E-state index contributed by atoms with van der Waals surface area (Å²) in [7, 11) is 0. The number of carbonyl (C=O) groups is 1. The SMILES string of the molecule is C1=CC2CCC1C2.CCCCCCCCC(C)CC(CC)(OCc1ccccc1)C(=O)O. The summed E-state index contributed by atoms with van der Waals surface area (Å²) in [6.45, 7) is 6.65. The van der Waals surface area contributed by atoms with Gasteiger partial charge in [0, 0.05) is 0 Å². The second kappa shape index (κ2) is 14.5. The molecule has 4 atom stereocenters. The van der Waals surface area contributed by atoms with Crippen LogP contribution in [0.4, 0.5) is 0 Å². The monoisotopic (exact) mass is 442 g/mol. The maximum absolute atomic E-state index is 11.9. The highest BCUT2D eigenvalue weighted by Gasteiger charge is 2.39. The summed E-state index contributed by atoms with van der Waals surface area (Å²) in [4.78, 5) is 11.9. The molecule has 2 aliphatic rings. The molecule has 2 aliphatic carbocycles. The van der Waals surface area contributed by atoms with E-state index in [2.05, 4.69) is 26.0 Å². The molecule has 1 aromatic rings. The zero-order valence-corrected chi connectivity index (χ0v) is 20.7. The normalized spacial score (nSPS) is 21.6. The maximum atomic E-state index is 11.9. The van der Waals surface area contributed by atoms with Crippen molar-refractivity contribution in [2.75, 3.05) is 0 Å². The van der Waals surface area contributed by atoms with Crippen LogP contribution in [0.25, 0.3) is 0 Å². The highest BCUT2D eigenvalue weighted by molar-refractivity contribution is 5.77. The van der Waals surface area contributed by atoms with Gasteiger partial charge in [0.15, 0.2) is 5.60 Å². The molecule has 1 aromatic carbocycles. The average Bonchev–Trinajstić information content (AvgIpc) is 3.46. The van der Waals surface area contributed by atoms with Gasteiger partial charge in [-0.05, 0) is 55.4 Å². The smallest absolute Gasteiger partial charge is 0.335 e. The summed E-state index contributed by atoms with van der Waals surface area (Å²) in [5.74, 6) is 1.51. The number of carboxylic acid groups (broad SMARTS) is 1. The number of allylic oxidation sites excluding steroid dienone is 2. The van der Waals surface area contributed by atoms with E-state index < -0.39 is 11.6 Å². The average molecular weight is 443 g/mol. The Morgan fingerprint density at radius 2 is 1.66 bits per heavy atom. The molecule has 1 N–H and O–H groups in total. The summed E-state index contributed by atoms with van der Waals surface area (Å²) >= 11 is 0. The van der Waals surface area contributed by atoms with Crippen LogP contribution in [0.5, 0.6) is 0 Å². The second-order valence-corrected chi connectivity index (χ2v) is 10.0. The van der Waals surface area contributed by atoms with Crippen molar-refractivity contribution in [2.24, 2.45) is 17.8 Å². The molecule has 0 saturated heterocycles. The zero-order valence-electron chi connectivity index (χ0n) is 20.7. The number of hydrogen-bond acceptors (Lipinski definition) is 2. The molecule has 0 heterocycles. The van der Waals surface area contributed by atoms with E-state index >= 15 is 0 Å². The van der Waals surface area contributed by atoms with Gasteiger partial charge >= 0.3 is 5.97 Å². The number of hydrogen-bond donors (Lipinski definition) is 1. The lowest BCUT2D eigenvalue weighted by Gasteiger charge is -2.31. The van der Waals surface area contributed by atoms with E-state index in [1.807, 2.05) is 37.3 Å². The first-order valence-corrected chi connectivity index (χ1v) is 13.1. The molecule has 4 unspecified atom stereocenters. The molecular formula is C29H46O3. The topological polar surface area (TPSA) is 46.5 Å². The summed E-state index contributed by atoms with van der Waals surface area (Å²) < 4.78 is 5.96. The van der Waals surface area contributed by atoms with E-state index in [1.54, 1.807) is 0 Å². The van der Waals surface area contributed by atoms with Crippen LogP contribution < -0.4 is 0 Å². The molecule has 2 bridgehead atoms. The van der Waals surface area contributed by atoms with Gasteiger partial charge in [-0.2, -0.15) is 0 Å². The number of ether oxygens (including phenoxy) is 1. The summed E-state index contributed by atoms with van der Waals surface area (Å²) in [6, 6.07) is 9.81. The Hall–Kier alpha value is -1.61. The third-order valence-corrected chi connectivity index (χ3v) is 7.22. The number of unbranched alkanes of at least 4 members (excludes halogenated alkanes) is 5. The first kappa shape index (κ1) is 26.6. The third kappa shape index (κ3) is 9.10. The van der Waals surface area contributed by atoms with E-state index in [4.69, 9.17) is 4.74 Å². The molecule has 3 rings (SSSR count). The van der Waals surface area contributed by atoms with Crippen molar-refractivity contribution in [3.63, 3.8) is 0 Å². The van der Waals surface area contributed by atoms with Gasteiger partial charge in [0.25, 0.3) is 0 Å². The fraction of sp³-hybridized carbons (Fsp3) is 0.690. The van der Waals surface area contributed by atoms with Crippen LogP contribution in [0.2, 0.25) is 0 Å². The summed E-state index contributed by atoms with van der Waals surface area (Å²) in [5, 5.41) is 9.79. The van der Waals surface area contributed by atoms with Crippen LogP contribution in [-0.4, -0.2) is 16.7 Å². The Labute approximate surface area is 196 Å². The van der Waals surface area contributed by atoms with E-state index in [9.17, 15) is 9.90 Å². The minimum absolute atomic E-state index is 0.352. The van der Waals surface area contributed by atoms with Gasteiger partial charge in [-0.25, -0.2) is 4.79 Å². The Kier molecular flexibility index (Phi) is 12.1. The van der Waals surface area contributed by atoms with Crippen LogP contribution >= 0.6 is 0 Å². The highest BCUT2D eigenvalue weighted by atomic mass is 16.5. The van der Waals surface area contributed by atoms with Gasteiger partial charge in [0.1, 0.15) is 0 Å². The molecule has 0 aliphatic heterocycles. The van der Waals surface area contributed by atoms with Crippen LogP contribution in [0, 0.1) is 17.8 Å². The van der Waals surface area contributed by atoms with Crippen LogP contribution in [-0.2, 0) is 16.1 Å². The molecule has 32 heavy (non-hydrogen) atoms. The van der Waals surface area contributed by atoms with Crippen molar-refractivity contribution in [1.29, 1.82) is 0 Å². The van der Waals surface area contributed by atoms with Crippen LogP contribution in [0.15, 0.2) is 42.5 Å². The van der Waals surface area contributed by atoms with Gasteiger partial charge in [-0.3, -0.25) is 0 Å². The van der Waals surface area contributed by atoms with Crippen molar-refractivity contribution in [2.45, 2.75) is 110 Å². The maximum Gasteiger partial charge on any atom is 0.335 e. The van der Waals surface area contributed by atoms with E-state index in [1.165, 1.54) is 57.8 Å². The molecule has 1 saturated carbocycles. The fourth-order valence-corrected chi connectivity index (χ4v) is 5.06. The van der Waals surface area contributed by atoms with Gasteiger partial charge in [-0.1, -0.05) is 108 Å². The Bertz CT molecular complexity index is 656. The van der Waals surface area contributed by atoms with Crippen molar-refractivity contribution in [3.8, 4) is 0 Å². The van der Waals surface area contributed by atoms with Crippen LogP contribution in [0.3, 0.4) is 0 Å². The number of benzene rings is 1. The number of carboxylic acids is 1.